The van der Waals surface area contributed by atoms with E-state index in [1.54, 1.807) is 6.92 Å². The number of hydrogen-bond acceptors (Lipinski definition) is 6. The number of hydrogen-bond donors (Lipinski definition) is 1. The maximum absolute atomic E-state index is 11.9. The molecule has 0 aliphatic heterocycles. The van der Waals surface area contributed by atoms with Gasteiger partial charge in [-0.05, 0) is 0 Å². The van der Waals surface area contributed by atoms with Gasteiger partial charge in [0.25, 0.3) is 0 Å². The van der Waals surface area contributed by atoms with Gasteiger partial charge in [0.05, 0.1) is 27.7 Å². The summed E-state index contributed by atoms with van der Waals surface area (Å²) in [6.07, 6.45) is -0.769. The van der Waals surface area contributed by atoms with Crippen LogP contribution in [-0.2, 0) is 23.1 Å². The monoisotopic (exact) mass is 312 g/mol. The van der Waals surface area contributed by atoms with Gasteiger partial charge in [0.2, 0.25) is 0 Å². The number of ether oxygens (including phenoxy) is 1. The largest absolute Gasteiger partial charge is 0.463 e. The number of aliphatic hydroxyl groups excluding tert-OH is 1. The maximum atomic E-state index is 11.9. The minimum Gasteiger partial charge on any atom is -0.463 e. The molecule has 0 aliphatic rings. The van der Waals surface area contributed by atoms with Gasteiger partial charge < -0.3 is 23.4 Å². The van der Waals surface area contributed by atoms with Gasteiger partial charge in [-0.3, -0.25) is 9.36 Å². The average Bonchev–Trinajstić information content (AvgIpc) is 2.31. The molecule has 120 valence electrons. The lowest BCUT2D eigenvalue weighted by atomic mass is 10.4. The van der Waals surface area contributed by atoms with Gasteiger partial charge in [0.1, 0.15) is 25.9 Å². The summed E-state index contributed by atoms with van der Waals surface area (Å²) < 4.78 is 27.6. The summed E-state index contributed by atoms with van der Waals surface area (Å²) in [7, 11) is 2.79. The van der Waals surface area contributed by atoms with Crippen molar-refractivity contribution in [1.82, 2.24) is 0 Å². The molecule has 1 N–H and O–H groups in total. The zero-order chi connectivity index (χ0) is 15.8. The zero-order valence-electron chi connectivity index (χ0n) is 13.0. The van der Waals surface area contributed by atoms with Crippen LogP contribution in [0.3, 0.4) is 0 Å². The van der Waals surface area contributed by atoms with Crippen LogP contribution in [0.2, 0.25) is 0 Å². The highest BCUT2D eigenvalue weighted by atomic mass is 31.2. The van der Waals surface area contributed by atoms with Crippen molar-refractivity contribution in [2.75, 3.05) is 54.2 Å². The van der Waals surface area contributed by atoms with E-state index in [1.165, 1.54) is 6.66 Å². The van der Waals surface area contributed by atoms with Gasteiger partial charge in [0, 0.05) is 13.1 Å². The van der Waals surface area contributed by atoms with E-state index in [9.17, 15) is 14.5 Å². The first-order chi connectivity index (χ1) is 9.06. The number of quaternary nitrogens is 1. The predicted octanol–water partition coefficient (Wildman–Crippen LogP) is 0.863. The van der Waals surface area contributed by atoms with Crippen molar-refractivity contribution in [2.24, 2.45) is 0 Å². The van der Waals surface area contributed by atoms with E-state index in [1.807, 2.05) is 21.1 Å². The topological polar surface area (TPSA) is 82.1 Å². The third-order valence-corrected chi connectivity index (χ3v) is 3.58. The maximum Gasteiger partial charge on any atom is 0.327 e. The first kappa shape index (κ1) is 19.5. The summed E-state index contributed by atoms with van der Waals surface area (Å²) in [6, 6.07) is 0. The number of aliphatic hydroxyl groups is 1. The minimum absolute atomic E-state index is 0.175. The van der Waals surface area contributed by atoms with Gasteiger partial charge in [-0.2, -0.15) is 0 Å². The summed E-state index contributed by atoms with van der Waals surface area (Å²) >= 11 is 0. The summed E-state index contributed by atoms with van der Waals surface area (Å²) in [5, 5.41) is 9.53. The average molecular weight is 312 g/mol. The fourth-order valence-electron chi connectivity index (χ4n) is 1.08. The fourth-order valence-corrected chi connectivity index (χ4v) is 2.01. The third kappa shape index (κ3) is 11.4. The van der Waals surface area contributed by atoms with Crippen LogP contribution in [0.5, 0.6) is 0 Å². The SMILES string of the molecule is CCC(=O)OCC(O)COP(C)(=O)OCC[N+](C)(C)C. The summed E-state index contributed by atoms with van der Waals surface area (Å²) in [5.74, 6) is -0.400. The molecule has 0 spiro atoms. The molecule has 0 saturated carbocycles. The van der Waals surface area contributed by atoms with Crippen molar-refractivity contribution in [1.29, 1.82) is 0 Å². The molecule has 2 unspecified atom stereocenters. The van der Waals surface area contributed by atoms with Crippen molar-refractivity contribution in [3.8, 4) is 0 Å². The molecule has 0 aromatic carbocycles. The molecule has 0 aliphatic carbocycles. The van der Waals surface area contributed by atoms with Crippen LogP contribution in [0.4, 0.5) is 0 Å². The molecule has 0 fully saturated rings. The van der Waals surface area contributed by atoms with E-state index < -0.39 is 19.7 Å². The van der Waals surface area contributed by atoms with Crippen LogP contribution >= 0.6 is 7.60 Å². The molecule has 0 radical (unpaired) electrons. The standard InChI is InChI=1S/C12H27NO6P/c1-6-12(15)17-9-11(14)10-19-20(5,16)18-8-7-13(2,3)4/h11,14H,6-10H2,1-5H3/q+1. The minimum atomic E-state index is -3.20. The van der Waals surface area contributed by atoms with Crippen LogP contribution in [0.1, 0.15) is 13.3 Å². The lowest BCUT2D eigenvalue weighted by Crippen LogP contribution is -2.37. The van der Waals surface area contributed by atoms with Crippen LogP contribution in [0.25, 0.3) is 0 Å². The number of esters is 1. The van der Waals surface area contributed by atoms with Gasteiger partial charge in [-0.1, -0.05) is 6.92 Å². The highest BCUT2D eigenvalue weighted by molar-refractivity contribution is 7.52. The molecule has 0 heterocycles. The van der Waals surface area contributed by atoms with Gasteiger partial charge >= 0.3 is 13.6 Å². The Balaban J connectivity index is 3.91. The lowest BCUT2D eigenvalue weighted by Gasteiger charge is -2.24. The number of carbonyl (C=O) groups excluding carboxylic acids is 1. The molecule has 8 heteroatoms. The molecule has 0 aromatic heterocycles. The quantitative estimate of drug-likeness (QED) is 0.366. The van der Waals surface area contributed by atoms with Gasteiger partial charge in [0.15, 0.2) is 0 Å². The molecule has 0 saturated heterocycles. The molecule has 2 atom stereocenters. The molecule has 0 aromatic rings. The van der Waals surface area contributed by atoms with E-state index >= 15 is 0 Å². The highest BCUT2D eigenvalue weighted by Crippen LogP contribution is 2.43. The summed E-state index contributed by atoms with van der Waals surface area (Å²) in [6.45, 7) is 3.64. The van der Waals surface area contributed by atoms with Crippen LogP contribution < -0.4 is 0 Å². The highest BCUT2D eigenvalue weighted by Gasteiger charge is 2.21. The Labute approximate surface area is 120 Å². The zero-order valence-corrected chi connectivity index (χ0v) is 13.9. The molecule has 0 rings (SSSR count). The van der Waals surface area contributed by atoms with Gasteiger partial charge in [-0.25, -0.2) is 0 Å². The molecular weight excluding hydrogens is 285 g/mol. The van der Waals surface area contributed by atoms with Gasteiger partial charge in [-0.15, -0.1) is 0 Å². The first-order valence-corrected chi connectivity index (χ1v) is 8.55. The molecule has 7 nitrogen and oxygen atoms in total. The summed E-state index contributed by atoms with van der Waals surface area (Å²) in [4.78, 5) is 10.9. The smallest absolute Gasteiger partial charge is 0.327 e. The van der Waals surface area contributed by atoms with E-state index in [4.69, 9.17) is 13.8 Å². The van der Waals surface area contributed by atoms with Crippen molar-refractivity contribution >= 4 is 13.6 Å². The van der Waals surface area contributed by atoms with Crippen molar-refractivity contribution < 1.29 is 32.7 Å². The number of nitrogens with zero attached hydrogens (tertiary/aromatic N) is 1. The molecular formula is C12H27NO6P+. The second-order valence-corrected chi connectivity index (χ2v) is 7.66. The second kappa shape index (κ2) is 8.74. The van der Waals surface area contributed by atoms with Crippen LogP contribution in [0.15, 0.2) is 0 Å². The summed E-state index contributed by atoms with van der Waals surface area (Å²) in [5.41, 5.74) is 0. The number of likely N-dealkylation sites (N-methyl/N-ethyl adjacent to an activating group) is 1. The Hall–Kier alpha value is -0.460. The Bertz CT molecular complexity index is 341. The number of carbonyl (C=O) groups is 1. The third-order valence-electron chi connectivity index (χ3n) is 2.31. The van der Waals surface area contributed by atoms with Crippen LogP contribution in [0, 0.1) is 0 Å². The second-order valence-electron chi connectivity index (χ2n) is 5.60. The van der Waals surface area contributed by atoms with Crippen molar-refractivity contribution in [2.45, 2.75) is 19.4 Å². The van der Waals surface area contributed by atoms with E-state index in [0.29, 0.717) is 17.6 Å². The fraction of sp³-hybridized carbons (Fsp3) is 0.917. The van der Waals surface area contributed by atoms with Crippen LogP contribution in [-0.4, -0.2) is 75.8 Å². The Kier molecular flexibility index (Phi) is 8.54. The Morgan fingerprint density at radius 2 is 1.85 bits per heavy atom. The Morgan fingerprint density at radius 1 is 1.25 bits per heavy atom. The lowest BCUT2D eigenvalue weighted by molar-refractivity contribution is -0.870. The van der Waals surface area contributed by atoms with Crippen molar-refractivity contribution in [3.63, 3.8) is 0 Å². The predicted molar refractivity (Wildman–Crippen MR) is 75.6 cm³/mol. The van der Waals surface area contributed by atoms with E-state index in [2.05, 4.69) is 0 Å². The van der Waals surface area contributed by atoms with E-state index in [0.717, 1.165) is 0 Å². The first-order valence-electron chi connectivity index (χ1n) is 6.56. The molecule has 20 heavy (non-hydrogen) atoms. The normalized spacial score (nSPS) is 16.5. The number of rotatable bonds is 10. The molecule has 0 amide bonds. The molecule has 0 bridgehead atoms. The Morgan fingerprint density at radius 3 is 2.35 bits per heavy atom. The van der Waals surface area contributed by atoms with Crippen molar-refractivity contribution in [3.05, 3.63) is 0 Å². The van der Waals surface area contributed by atoms with E-state index in [-0.39, 0.29) is 19.6 Å².